The minimum Gasteiger partial charge on any atom is -0.462 e. The number of carbonyl (C=O) groups is 3. The summed E-state index contributed by atoms with van der Waals surface area (Å²) in [7, 11) is 0. The molecule has 0 aromatic carbocycles. The van der Waals surface area contributed by atoms with Crippen LogP contribution in [0.4, 0.5) is 0 Å². The van der Waals surface area contributed by atoms with Crippen LogP contribution >= 0.6 is 0 Å². The van der Waals surface area contributed by atoms with Gasteiger partial charge in [-0.25, -0.2) is 0 Å². The smallest absolute Gasteiger partial charge is 0.306 e. The fourth-order valence-corrected chi connectivity index (χ4v) is 10.4. The minimum atomic E-state index is -0.785. The monoisotopic (exact) mass is 1160 g/mol. The largest absolute Gasteiger partial charge is 0.462 e. The van der Waals surface area contributed by atoms with E-state index in [1.807, 2.05) is 0 Å². The Morgan fingerprint density at radius 2 is 0.446 bits per heavy atom. The molecule has 0 amide bonds. The van der Waals surface area contributed by atoms with Gasteiger partial charge in [-0.15, -0.1) is 0 Å². The fourth-order valence-electron chi connectivity index (χ4n) is 10.4. The van der Waals surface area contributed by atoms with E-state index in [2.05, 4.69) is 106 Å². The van der Waals surface area contributed by atoms with Gasteiger partial charge in [0.05, 0.1) is 0 Å². The summed E-state index contributed by atoms with van der Waals surface area (Å²) in [5.41, 5.74) is 0. The first-order valence-electron chi connectivity index (χ1n) is 36.1. The second-order valence-corrected chi connectivity index (χ2v) is 24.1. The lowest BCUT2D eigenvalue weighted by Gasteiger charge is -2.18. The van der Waals surface area contributed by atoms with Crippen LogP contribution in [-0.4, -0.2) is 37.2 Å². The van der Waals surface area contributed by atoms with E-state index >= 15 is 0 Å². The van der Waals surface area contributed by atoms with Gasteiger partial charge in [-0.2, -0.15) is 0 Å². The van der Waals surface area contributed by atoms with Crippen LogP contribution in [0.5, 0.6) is 0 Å². The maximum Gasteiger partial charge on any atom is 0.306 e. The van der Waals surface area contributed by atoms with Crippen LogP contribution in [0.25, 0.3) is 0 Å². The molecule has 0 heterocycles. The van der Waals surface area contributed by atoms with Crippen molar-refractivity contribution >= 4 is 17.9 Å². The Bertz CT molecular complexity index is 1570. The van der Waals surface area contributed by atoms with Crippen molar-refractivity contribution < 1.29 is 28.6 Å². The van der Waals surface area contributed by atoms with E-state index in [0.717, 1.165) is 96.3 Å². The Morgan fingerprint density at radius 3 is 0.723 bits per heavy atom. The molecule has 0 aromatic rings. The Hall–Kier alpha value is -3.41. The van der Waals surface area contributed by atoms with E-state index < -0.39 is 6.10 Å². The minimum absolute atomic E-state index is 0.0797. The Morgan fingerprint density at radius 1 is 0.241 bits per heavy atom. The van der Waals surface area contributed by atoms with Crippen LogP contribution < -0.4 is 0 Å². The molecule has 1 unspecified atom stereocenters. The SMILES string of the molecule is CCCC/C=C\CCCCCCCC(=O)OCC(COC(=O)CCCCCCCCCCCCCCCCCC/C=C\C/C=C\C/C=C\CCCCCCC)OC(=O)CCCCCCCCCC/C=C\C/C=C\C/C=C\CCCCCCC. The molecule has 480 valence electrons. The van der Waals surface area contributed by atoms with Crippen molar-refractivity contribution in [1.82, 2.24) is 0 Å². The lowest BCUT2D eigenvalue weighted by atomic mass is 10.0. The number of rotatable bonds is 66. The van der Waals surface area contributed by atoms with Gasteiger partial charge in [-0.05, 0) is 116 Å². The van der Waals surface area contributed by atoms with Crippen LogP contribution in [0, 0.1) is 0 Å². The van der Waals surface area contributed by atoms with Gasteiger partial charge in [0.2, 0.25) is 0 Å². The summed E-state index contributed by atoms with van der Waals surface area (Å²) in [5.74, 6) is -0.881. The third-order valence-corrected chi connectivity index (χ3v) is 15.8. The van der Waals surface area contributed by atoms with Crippen molar-refractivity contribution in [2.24, 2.45) is 0 Å². The first kappa shape index (κ1) is 79.6. The first-order chi connectivity index (χ1) is 41.0. The average molecular weight is 1160 g/mol. The molecule has 1 atom stereocenters. The van der Waals surface area contributed by atoms with E-state index in [4.69, 9.17) is 14.2 Å². The number of hydrogen-bond acceptors (Lipinski definition) is 6. The van der Waals surface area contributed by atoms with Crippen LogP contribution in [0.15, 0.2) is 85.1 Å². The molecule has 0 aliphatic heterocycles. The Kier molecular flexibility index (Phi) is 68.2. The second kappa shape index (κ2) is 71.1. The van der Waals surface area contributed by atoms with Crippen molar-refractivity contribution in [2.45, 2.75) is 374 Å². The number of esters is 3. The maximum absolute atomic E-state index is 12.9. The standard InChI is InChI=1S/C77H136O6/c1-4-7-10-13-16-19-22-24-26-28-30-32-34-35-36-37-38-39-40-41-43-44-46-48-50-52-55-58-61-64-67-70-76(79)82-73-74(72-81-75(78)69-66-63-60-57-54-21-18-15-12-9-6-3)83-77(80)71-68-65-62-59-56-53-51-49-47-45-42-33-31-29-27-25-23-20-17-14-11-8-5-2/h15,18,22-25,28-31,34-35,42,45,74H,4-14,16-17,19-21,26-27,32-33,36-41,43-44,46-73H2,1-3H3/b18-15-,24-22-,25-23-,30-28-,31-29-,35-34-,45-42-. The summed E-state index contributed by atoms with van der Waals surface area (Å²) in [6, 6.07) is 0. The molecule has 0 aromatic heterocycles. The molecule has 83 heavy (non-hydrogen) atoms. The van der Waals surface area contributed by atoms with Crippen molar-refractivity contribution in [2.75, 3.05) is 13.2 Å². The summed E-state index contributed by atoms with van der Waals surface area (Å²) in [6.45, 7) is 6.61. The van der Waals surface area contributed by atoms with E-state index in [1.165, 1.54) is 231 Å². The van der Waals surface area contributed by atoms with Gasteiger partial charge in [0.15, 0.2) is 6.10 Å². The maximum atomic E-state index is 12.9. The molecular weight excluding hydrogens is 1020 g/mol. The molecule has 0 aliphatic rings. The number of ether oxygens (including phenoxy) is 3. The molecule has 0 saturated carbocycles. The van der Waals surface area contributed by atoms with E-state index in [1.54, 1.807) is 0 Å². The number of carbonyl (C=O) groups excluding carboxylic acids is 3. The van der Waals surface area contributed by atoms with Gasteiger partial charge < -0.3 is 14.2 Å². The van der Waals surface area contributed by atoms with Crippen LogP contribution in [0.2, 0.25) is 0 Å². The Labute approximate surface area is 515 Å². The van der Waals surface area contributed by atoms with Gasteiger partial charge in [-0.3, -0.25) is 14.4 Å². The number of hydrogen-bond donors (Lipinski definition) is 0. The molecular formula is C77H136O6. The quantitative estimate of drug-likeness (QED) is 0.0261. The second-order valence-electron chi connectivity index (χ2n) is 24.1. The molecule has 0 saturated heterocycles. The molecule has 0 bridgehead atoms. The van der Waals surface area contributed by atoms with Crippen molar-refractivity contribution in [1.29, 1.82) is 0 Å². The molecule has 0 N–H and O–H groups in total. The van der Waals surface area contributed by atoms with Gasteiger partial charge in [0.25, 0.3) is 0 Å². The zero-order valence-electron chi connectivity index (χ0n) is 55.2. The molecule has 6 heteroatoms. The molecule has 0 spiro atoms. The van der Waals surface area contributed by atoms with Crippen molar-refractivity contribution in [3.63, 3.8) is 0 Å². The molecule has 0 aliphatic carbocycles. The van der Waals surface area contributed by atoms with Gasteiger partial charge >= 0.3 is 17.9 Å². The highest BCUT2D eigenvalue weighted by atomic mass is 16.6. The third kappa shape index (κ3) is 69.3. The van der Waals surface area contributed by atoms with Crippen molar-refractivity contribution in [3.05, 3.63) is 85.1 Å². The summed E-state index contributed by atoms with van der Waals surface area (Å²) >= 11 is 0. The summed E-state index contributed by atoms with van der Waals surface area (Å²) in [4.78, 5) is 38.4. The summed E-state index contributed by atoms with van der Waals surface area (Å²) < 4.78 is 17.0. The predicted octanol–water partition coefficient (Wildman–Crippen LogP) is 25.0. The van der Waals surface area contributed by atoms with E-state index in [-0.39, 0.29) is 31.1 Å². The van der Waals surface area contributed by atoms with Gasteiger partial charge in [-0.1, -0.05) is 318 Å². The predicted molar refractivity (Wildman–Crippen MR) is 362 cm³/mol. The topological polar surface area (TPSA) is 78.9 Å². The third-order valence-electron chi connectivity index (χ3n) is 15.8. The molecule has 0 radical (unpaired) electrons. The summed E-state index contributed by atoms with van der Waals surface area (Å²) in [6.07, 6.45) is 94.8. The van der Waals surface area contributed by atoms with Crippen LogP contribution in [0.3, 0.4) is 0 Å². The van der Waals surface area contributed by atoms with Gasteiger partial charge in [0, 0.05) is 19.3 Å². The normalized spacial score (nSPS) is 12.6. The van der Waals surface area contributed by atoms with Crippen LogP contribution in [0.1, 0.15) is 367 Å². The van der Waals surface area contributed by atoms with Crippen molar-refractivity contribution in [3.8, 4) is 0 Å². The highest BCUT2D eigenvalue weighted by Gasteiger charge is 2.19. The molecule has 6 nitrogen and oxygen atoms in total. The average Bonchev–Trinajstić information content (AvgIpc) is 3.48. The lowest BCUT2D eigenvalue weighted by Crippen LogP contribution is -2.30. The number of unbranched alkanes of at least 4 members (excludes halogenated alkanes) is 41. The molecule has 0 fully saturated rings. The van der Waals surface area contributed by atoms with E-state index in [9.17, 15) is 14.4 Å². The zero-order valence-corrected chi connectivity index (χ0v) is 55.2. The van der Waals surface area contributed by atoms with Crippen LogP contribution in [-0.2, 0) is 28.6 Å². The fraction of sp³-hybridized carbons (Fsp3) is 0.779. The first-order valence-corrected chi connectivity index (χ1v) is 36.1. The summed E-state index contributed by atoms with van der Waals surface area (Å²) in [5, 5.41) is 0. The van der Waals surface area contributed by atoms with Gasteiger partial charge in [0.1, 0.15) is 13.2 Å². The highest BCUT2D eigenvalue weighted by Crippen LogP contribution is 2.17. The lowest BCUT2D eigenvalue weighted by molar-refractivity contribution is -0.167. The molecule has 0 rings (SSSR count). The number of allylic oxidation sites excluding steroid dienone is 14. The zero-order chi connectivity index (χ0) is 59.9. The highest BCUT2D eigenvalue weighted by molar-refractivity contribution is 5.71. The van der Waals surface area contributed by atoms with E-state index in [0.29, 0.717) is 19.3 Å². The Balaban J connectivity index is 4.19.